The summed E-state index contributed by atoms with van der Waals surface area (Å²) in [5, 5.41) is 9.87. The number of carbonyl (C=O) groups is 1. The number of anilines is 1. The van der Waals surface area contributed by atoms with Gasteiger partial charge in [0.15, 0.2) is 0 Å². The number of halogens is 1. The molecular weight excluding hydrogens is 556 g/mol. The summed E-state index contributed by atoms with van der Waals surface area (Å²) in [7, 11) is 0. The summed E-state index contributed by atoms with van der Waals surface area (Å²) in [5.41, 5.74) is 3.14. The van der Waals surface area contributed by atoms with Crippen molar-refractivity contribution in [3.8, 4) is 6.07 Å². The lowest BCUT2D eigenvalue weighted by Crippen LogP contribution is -2.39. The molecule has 5 rings (SSSR count). The summed E-state index contributed by atoms with van der Waals surface area (Å²) in [6, 6.07) is 18.6. The van der Waals surface area contributed by atoms with Crippen LogP contribution in [0.15, 0.2) is 64.3 Å². The van der Waals surface area contributed by atoms with E-state index in [4.69, 9.17) is 12.2 Å². The average molecular weight is 587 g/mol. The molecule has 0 saturated carbocycles. The number of carbonyl (C=O) groups excluding carboxylic acids is 1. The summed E-state index contributed by atoms with van der Waals surface area (Å²) in [6.07, 6.45) is 4.76. The molecule has 2 fully saturated rings. The maximum Gasteiger partial charge on any atom is 0.270 e. The summed E-state index contributed by atoms with van der Waals surface area (Å²) in [6.45, 7) is 5.86. The number of thiocarbonyl (C=S) groups is 1. The lowest BCUT2D eigenvalue weighted by atomic mass is 9.90. The molecule has 0 aliphatic carbocycles. The van der Waals surface area contributed by atoms with Gasteiger partial charge in [0, 0.05) is 25.2 Å². The van der Waals surface area contributed by atoms with Gasteiger partial charge < -0.3 is 4.90 Å². The van der Waals surface area contributed by atoms with E-state index in [1.165, 1.54) is 34.4 Å². The van der Waals surface area contributed by atoms with Crippen LogP contribution in [0.5, 0.6) is 0 Å². The van der Waals surface area contributed by atoms with Crippen LogP contribution in [0.3, 0.4) is 0 Å². The number of amides is 1. The number of nitriles is 1. The van der Waals surface area contributed by atoms with Crippen LogP contribution in [0.1, 0.15) is 47.6 Å². The molecule has 2 saturated heterocycles. The molecule has 3 heterocycles. The Kier molecular flexibility index (Phi) is 8.71. The maximum atomic E-state index is 13.5. The van der Waals surface area contributed by atoms with Crippen molar-refractivity contribution in [3.05, 3.63) is 103 Å². The molecule has 0 spiro atoms. The summed E-state index contributed by atoms with van der Waals surface area (Å²) < 4.78 is 15.5. The van der Waals surface area contributed by atoms with Crippen LogP contribution in [0.25, 0.3) is 6.08 Å². The zero-order chi connectivity index (χ0) is 29.1. The number of hydrogen-bond donors (Lipinski definition) is 0. The van der Waals surface area contributed by atoms with Crippen LogP contribution in [-0.2, 0) is 24.3 Å². The summed E-state index contributed by atoms with van der Waals surface area (Å²) >= 11 is 6.75. The minimum Gasteiger partial charge on any atom is -0.357 e. The molecule has 0 bridgehead atoms. The average Bonchev–Trinajstić information content (AvgIpc) is 3.24. The van der Waals surface area contributed by atoms with Gasteiger partial charge in [-0.25, -0.2) is 4.39 Å². The van der Waals surface area contributed by atoms with E-state index in [2.05, 4.69) is 35.2 Å². The summed E-state index contributed by atoms with van der Waals surface area (Å²) in [4.78, 5) is 31.0. The van der Waals surface area contributed by atoms with Crippen molar-refractivity contribution in [2.75, 3.05) is 18.0 Å². The molecule has 6 nitrogen and oxygen atoms in total. The first kappa shape index (κ1) is 28.8. The smallest absolute Gasteiger partial charge is 0.270 e. The first-order valence-corrected chi connectivity index (χ1v) is 15.0. The van der Waals surface area contributed by atoms with Gasteiger partial charge in [-0.1, -0.05) is 66.4 Å². The molecule has 2 aliphatic rings. The van der Waals surface area contributed by atoms with Crippen molar-refractivity contribution >= 4 is 46.1 Å². The number of pyridine rings is 1. The van der Waals surface area contributed by atoms with Crippen LogP contribution in [-0.4, -0.2) is 32.8 Å². The third-order valence-corrected chi connectivity index (χ3v) is 9.22. The molecule has 0 radical (unpaired) electrons. The van der Waals surface area contributed by atoms with Gasteiger partial charge in [0.2, 0.25) is 0 Å². The molecule has 0 N–H and O–H groups in total. The minimum atomic E-state index is -0.342. The Balaban J connectivity index is 1.47. The number of thioether (sulfide) groups is 1. The molecule has 210 valence electrons. The van der Waals surface area contributed by atoms with Gasteiger partial charge in [-0.15, -0.1) is 0 Å². The zero-order valence-electron chi connectivity index (χ0n) is 23.1. The first-order valence-electron chi connectivity index (χ1n) is 13.8. The highest BCUT2D eigenvalue weighted by molar-refractivity contribution is 8.26. The van der Waals surface area contributed by atoms with Crippen LogP contribution in [0.2, 0.25) is 0 Å². The van der Waals surface area contributed by atoms with Crippen molar-refractivity contribution in [1.82, 2.24) is 9.47 Å². The third kappa shape index (κ3) is 5.99. The highest BCUT2D eigenvalue weighted by Gasteiger charge is 2.34. The minimum absolute atomic E-state index is 0.0857. The first-order chi connectivity index (χ1) is 19.8. The quantitative estimate of drug-likeness (QED) is 0.248. The Morgan fingerprint density at radius 2 is 1.76 bits per heavy atom. The Morgan fingerprint density at radius 1 is 1.07 bits per heavy atom. The molecule has 3 aromatic rings. The number of rotatable bonds is 7. The lowest BCUT2D eigenvalue weighted by Gasteiger charge is -2.36. The molecule has 0 unspecified atom stereocenters. The van der Waals surface area contributed by atoms with Gasteiger partial charge in [-0.2, -0.15) is 5.26 Å². The Labute approximate surface area is 249 Å². The van der Waals surface area contributed by atoms with E-state index in [-0.39, 0.29) is 29.4 Å². The SMILES string of the molecule is CCn1c(N2CCC(Cc3ccccc3)CC2)c(/C=C2\SC(=S)N(Cc3ccc(F)cc3)C2=O)c(C)c(C#N)c1=O. The second-order valence-electron chi connectivity index (χ2n) is 10.4. The second kappa shape index (κ2) is 12.4. The second-order valence-corrected chi connectivity index (χ2v) is 12.1. The Bertz CT molecular complexity index is 1600. The fourth-order valence-corrected chi connectivity index (χ4v) is 6.85. The molecule has 2 aliphatic heterocycles. The molecule has 1 amide bonds. The van der Waals surface area contributed by atoms with Gasteiger partial charge in [-0.05, 0) is 73.9 Å². The third-order valence-electron chi connectivity index (χ3n) is 7.85. The van der Waals surface area contributed by atoms with Crippen molar-refractivity contribution in [1.29, 1.82) is 5.26 Å². The van der Waals surface area contributed by atoms with E-state index >= 15 is 0 Å². The molecule has 0 atom stereocenters. The largest absolute Gasteiger partial charge is 0.357 e. The van der Waals surface area contributed by atoms with Crippen LogP contribution >= 0.6 is 24.0 Å². The van der Waals surface area contributed by atoms with Crippen molar-refractivity contribution in [3.63, 3.8) is 0 Å². The molecule has 2 aromatic carbocycles. The van der Waals surface area contributed by atoms with E-state index in [9.17, 15) is 19.2 Å². The number of nitrogens with zero attached hydrogens (tertiary/aromatic N) is 4. The maximum absolute atomic E-state index is 13.5. The van der Waals surface area contributed by atoms with Crippen LogP contribution < -0.4 is 10.5 Å². The fourth-order valence-electron chi connectivity index (χ4n) is 5.61. The van der Waals surface area contributed by atoms with Crippen molar-refractivity contribution in [2.45, 2.75) is 46.2 Å². The zero-order valence-corrected chi connectivity index (χ0v) is 24.7. The van der Waals surface area contributed by atoms with Gasteiger partial charge in [0.1, 0.15) is 27.6 Å². The normalized spacial score (nSPS) is 17.0. The van der Waals surface area contributed by atoms with E-state index in [1.54, 1.807) is 29.7 Å². The molecule has 1 aromatic heterocycles. The van der Waals surface area contributed by atoms with Crippen molar-refractivity contribution in [2.24, 2.45) is 5.92 Å². The van der Waals surface area contributed by atoms with Gasteiger partial charge in [0.05, 0.1) is 11.4 Å². The van der Waals surface area contributed by atoms with Crippen LogP contribution in [0, 0.1) is 30.0 Å². The molecule has 41 heavy (non-hydrogen) atoms. The van der Waals surface area contributed by atoms with E-state index in [0.717, 1.165) is 43.7 Å². The van der Waals surface area contributed by atoms with Crippen LogP contribution in [0.4, 0.5) is 10.2 Å². The van der Waals surface area contributed by atoms with E-state index < -0.39 is 0 Å². The number of hydrogen-bond acceptors (Lipinski definition) is 6. The van der Waals surface area contributed by atoms with Crippen molar-refractivity contribution < 1.29 is 9.18 Å². The predicted octanol–water partition coefficient (Wildman–Crippen LogP) is 6.05. The van der Waals surface area contributed by atoms with Gasteiger partial charge in [-0.3, -0.25) is 19.1 Å². The standard InChI is InChI=1S/C32H31FN4O2S2/c1-3-36-29(35-15-13-23(14-16-35)17-22-7-5-4-6-8-22)26(21(2)27(19-34)30(36)38)18-28-31(39)37(32(40)41-28)20-24-9-11-25(33)12-10-24/h4-12,18,23H,3,13-17,20H2,1-2H3/b28-18-. The molecule has 9 heteroatoms. The number of benzene rings is 2. The predicted molar refractivity (Wildman–Crippen MR) is 166 cm³/mol. The monoisotopic (exact) mass is 586 g/mol. The Morgan fingerprint density at radius 3 is 2.39 bits per heavy atom. The Hall–Kier alpha value is -3.74. The summed E-state index contributed by atoms with van der Waals surface area (Å²) in [5.74, 6) is 0.700. The topological polar surface area (TPSA) is 69.3 Å². The fraction of sp³-hybridized carbons (Fsp3) is 0.312. The molecular formula is C32H31FN4O2S2. The lowest BCUT2D eigenvalue weighted by molar-refractivity contribution is -0.122. The highest BCUT2D eigenvalue weighted by Crippen LogP contribution is 2.37. The number of piperidine rings is 1. The van der Waals surface area contributed by atoms with Gasteiger partial charge in [0.25, 0.3) is 11.5 Å². The highest BCUT2D eigenvalue weighted by atomic mass is 32.2. The number of aromatic nitrogens is 1. The van der Waals surface area contributed by atoms with E-state index in [0.29, 0.717) is 32.8 Å². The van der Waals surface area contributed by atoms with Gasteiger partial charge >= 0.3 is 0 Å². The van der Waals surface area contributed by atoms with E-state index in [1.807, 2.05) is 13.0 Å².